The minimum atomic E-state index is -1.97. The van der Waals surface area contributed by atoms with E-state index in [1.165, 1.54) is 231 Å². The molecule has 12 N–H and O–H groups in total. The summed E-state index contributed by atoms with van der Waals surface area (Å²) in [5, 5.41) is 121. The van der Waals surface area contributed by atoms with Crippen molar-refractivity contribution in [3.8, 4) is 0 Å². The molecule has 0 bridgehead atoms. The minimum Gasteiger partial charge on any atom is -0.394 e. The van der Waals surface area contributed by atoms with Crippen LogP contribution in [-0.2, 0) is 33.2 Å². The highest BCUT2D eigenvalue weighted by Gasteiger charge is 2.53. The van der Waals surface area contributed by atoms with Crippen molar-refractivity contribution in [2.75, 3.05) is 26.4 Å². The number of carbonyl (C=O) groups excluding carboxylic acids is 1. The fourth-order valence-electron chi connectivity index (χ4n) is 13.4. The molecular formula is C74H141NO18. The number of aliphatic hydroxyl groups excluding tert-OH is 11. The van der Waals surface area contributed by atoms with E-state index in [1.807, 2.05) is 0 Å². The molecule has 0 aliphatic carbocycles. The number of hydrogen-bond acceptors (Lipinski definition) is 18. The predicted octanol–water partition coefficient (Wildman–Crippen LogP) is 11.6. The molecule has 0 saturated carbocycles. The Balaban J connectivity index is 1.37. The molecule has 3 aliphatic rings. The van der Waals surface area contributed by atoms with Crippen LogP contribution in [0.1, 0.15) is 322 Å². The zero-order valence-corrected chi connectivity index (χ0v) is 58.5. The van der Waals surface area contributed by atoms with Crippen LogP contribution < -0.4 is 5.32 Å². The first kappa shape index (κ1) is 85.8. The molecule has 0 aromatic heterocycles. The van der Waals surface area contributed by atoms with Crippen molar-refractivity contribution in [2.24, 2.45) is 0 Å². The van der Waals surface area contributed by atoms with E-state index in [0.717, 1.165) is 57.8 Å². The molecule has 19 nitrogen and oxygen atoms in total. The molecule has 3 rings (SSSR count). The van der Waals surface area contributed by atoms with Gasteiger partial charge in [-0.15, -0.1) is 0 Å². The lowest BCUT2D eigenvalue weighted by Gasteiger charge is -2.48. The summed E-state index contributed by atoms with van der Waals surface area (Å²) in [5.74, 6) is -0.242. The third kappa shape index (κ3) is 37.5. The van der Waals surface area contributed by atoms with Crippen molar-refractivity contribution in [2.45, 2.75) is 426 Å². The Bertz CT molecular complexity index is 1730. The fraction of sp³-hybridized carbons (Fsp3) is 0.959. The normalized spacial score (nSPS) is 27.5. The molecule has 93 heavy (non-hydrogen) atoms. The van der Waals surface area contributed by atoms with Crippen LogP contribution in [0.15, 0.2) is 12.2 Å². The van der Waals surface area contributed by atoms with E-state index in [9.17, 15) is 61.0 Å². The maximum atomic E-state index is 13.4. The summed E-state index contributed by atoms with van der Waals surface area (Å²) < 4.78 is 34.5. The summed E-state index contributed by atoms with van der Waals surface area (Å²) in [6.45, 7) is 1.84. The van der Waals surface area contributed by atoms with E-state index in [-0.39, 0.29) is 18.9 Å². The van der Waals surface area contributed by atoms with Crippen molar-refractivity contribution in [1.29, 1.82) is 0 Å². The van der Waals surface area contributed by atoms with Gasteiger partial charge in [0.15, 0.2) is 18.9 Å². The first-order valence-electron chi connectivity index (χ1n) is 38.4. The lowest BCUT2D eigenvalue weighted by Crippen LogP contribution is -2.66. The molecule has 550 valence electrons. The standard InChI is InChI=1S/C74H141NO18/c1-3-5-7-9-11-13-15-17-19-21-23-24-25-26-27-28-29-30-31-32-33-34-35-37-39-41-43-45-47-49-51-58(79)57(75-62(80)52-50-48-46-44-42-40-38-36-22-20-18-16-14-12-10-8-6-4-2)56-88-72-68(86)65(83)70(60(54-77)90-72)93-74-69(87)66(84)71(61(55-78)91-74)92-73-67(85)64(82)63(81)59(53-76)89-73/h20,22,57-61,63-74,76-79,81-87H,3-19,21,23-56H2,1-2H3,(H,75,80)/b22-20-. The Kier molecular flexibility index (Phi) is 51.9. The highest BCUT2D eigenvalue weighted by Crippen LogP contribution is 2.33. The number of rotatable bonds is 61. The van der Waals surface area contributed by atoms with E-state index in [0.29, 0.717) is 12.8 Å². The first-order valence-corrected chi connectivity index (χ1v) is 38.4. The van der Waals surface area contributed by atoms with Gasteiger partial charge in [-0.05, 0) is 38.5 Å². The van der Waals surface area contributed by atoms with Crippen molar-refractivity contribution >= 4 is 5.91 Å². The number of allylic oxidation sites excluding steroid dienone is 2. The topological polar surface area (TPSA) is 307 Å². The zero-order chi connectivity index (χ0) is 67.5. The second kappa shape index (κ2) is 56.3. The van der Waals surface area contributed by atoms with Crippen LogP contribution in [0.25, 0.3) is 0 Å². The molecule has 3 heterocycles. The number of carbonyl (C=O) groups is 1. The van der Waals surface area contributed by atoms with Gasteiger partial charge >= 0.3 is 0 Å². The summed E-state index contributed by atoms with van der Waals surface area (Å²) in [6.07, 6.45) is 37.3. The number of ether oxygens (including phenoxy) is 6. The fourth-order valence-corrected chi connectivity index (χ4v) is 13.4. The van der Waals surface area contributed by atoms with Crippen LogP contribution in [-0.4, -0.2) is 193 Å². The van der Waals surface area contributed by atoms with Crippen LogP contribution in [0.5, 0.6) is 0 Å². The highest BCUT2D eigenvalue weighted by molar-refractivity contribution is 5.76. The van der Waals surface area contributed by atoms with Crippen LogP contribution in [0.2, 0.25) is 0 Å². The largest absolute Gasteiger partial charge is 0.394 e. The van der Waals surface area contributed by atoms with Crippen molar-refractivity contribution in [3.05, 3.63) is 12.2 Å². The Morgan fingerprint density at radius 1 is 0.376 bits per heavy atom. The lowest BCUT2D eigenvalue weighted by atomic mass is 9.96. The Hall–Kier alpha value is -1.47. The first-order chi connectivity index (χ1) is 45.3. The highest BCUT2D eigenvalue weighted by atomic mass is 16.8. The maximum absolute atomic E-state index is 13.4. The Labute approximate surface area is 563 Å². The van der Waals surface area contributed by atoms with E-state index in [1.54, 1.807) is 0 Å². The van der Waals surface area contributed by atoms with Crippen LogP contribution in [0.3, 0.4) is 0 Å². The molecular weight excluding hydrogens is 1190 g/mol. The molecule has 3 aliphatic heterocycles. The molecule has 0 aromatic rings. The van der Waals surface area contributed by atoms with E-state index in [2.05, 4.69) is 31.3 Å². The van der Waals surface area contributed by atoms with Gasteiger partial charge in [0.25, 0.3) is 0 Å². The van der Waals surface area contributed by atoms with Crippen molar-refractivity contribution < 1.29 is 89.4 Å². The summed E-state index contributed by atoms with van der Waals surface area (Å²) in [4.78, 5) is 13.4. The summed E-state index contributed by atoms with van der Waals surface area (Å²) in [6, 6.07) is -0.888. The van der Waals surface area contributed by atoms with Crippen LogP contribution >= 0.6 is 0 Å². The monoisotopic (exact) mass is 1330 g/mol. The lowest BCUT2D eigenvalue weighted by molar-refractivity contribution is -0.379. The van der Waals surface area contributed by atoms with E-state index < -0.39 is 124 Å². The predicted molar refractivity (Wildman–Crippen MR) is 365 cm³/mol. The van der Waals surface area contributed by atoms with Gasteiger partial charge < -0.3 is 89.9 Å². The molecule has 0 aromatic carbocycles. The van der Waals surface area contributed by atoms with Crippen molar-refractivity contribution in [3.63, 3.8) is 0 Å². The van der Waals surface area contributed by atoms with Gasteiger partial charge in [0.2, 0.25) is 5.91 Å². The SMILES string of the molecule is CCCCCCCCC/C=C\CCCCCCCCCC(=O)NC(COC1OC(CO)C(OC2OC(CO)C(OC3OC(CO)C(O)C(O)C3O)C(O)C2O)C(O)C1O)C(O)CCCCCCCCCCCCCCCCCCCCCCCCCCCCCCCC. The molecule has 17 unspecified atom stereocenters. The summed E-state index contributed by atoms with van der Waals surface area (Å²) in [7, 11) is 0. The quantitative estimate of drug-likeness (QED) is 0.0199. The third-order valence-corrected chi connectivity index (χ3v) is 19.6. The number of nitrogens with one attached hydrogen (secondary N) is 1. The molecule has 17 atom stereocenters. The number of aliphatic hydroxyl groups is 11. The summed E-state index contributed by atoms with van der Waals surface area (Å²) >= 11 is 0. The minimum absolute atomic E-state index is 0.242. The van der Waals surface area contributed by atoms with Gasteiger partial charge in [0, 0.05) is 6.42 Å². The third-order valence-electron chi connectivity index (χ3n) is 19.6. The molecule has 0 radical (unpaired) electrons. The Morgan fingerprint density at radius 2 is 0.677 bits per heavy atom. The average molecular weight is 1330 g/mol. The van der Waals surface area contributed by atoms with Crippen molar-refractivity contribution in [1.82, 2.24) is 5.32 Å². The summed E-state index contributed by atoms with van der Waals surface area (Å²) in [5.41, 5.74) is 0. The molecule has 3 fully saturated rings. The molecule has 0 spiro atoms. The van der Waals surface area contributed by atoms with Gasteiger partial charge in [0.05, 0.1) is 38.6 Å². The van der Waals surface area contributed by atoms with Crippen LogP contribution in [0.4, 0.5) is 0 Å². The number of unbranched alkanes of at least 4 members (excludes halogenated alkanes) is 43. The molecule has 1 amide bonds. The van der Waals surface area contributed by atoms with E-state index in [4.69, 9.17) is 28.4 Å². The molecule has 19 heteroatoms. The van der Waals surface area contributed by atoms with E-state index >= 15 is 0 Å². The van der Waals surface area contributed by atoms with Gasteiger partial charge in [-0.2, -0.15) is 0 Å². The van der Waals surface area contributed by atoms with Gasteiger partial charge in [-0.25, -0.2) is 0 Å². The average Bonchev–Trinajstić information content (AvgIpc) is 0.996. The Morgan fingerprint density at radius 3 is 1.04 bits per heavy atom. The molecule has 3 saturated heterocycles. The maximum Gasteiger partial charge on any atom is 0.220 e. The zero-order valence-electron chi connectivity index (χ0n) is 58.5. The van der Waals surface area contributed by atoms with Crippen LogP contribution in [0, 0.1) is 0 Å². The number of hydrogen-bond donors (Lipinski definition) is 12. The second-order valence-corrected chi connectivity index (χ2v) is 27.8. The second-order valence-electron chi connectivity index (χ2n) is 27.8. The number of amides is 1. The smallest absolute Gasteiger partial charge is 0.220 e. The van der Waals surface area contributed by atoms with Gasteiger partial charge in [0.1, 0.15) is 73.2 Å². The van der Waals surface area contributed by atoms with Gasteiger partial charge in [-0.3, -0.25) is 4.79 Å². The van der Waals surface area contributed by atoms with Gasteiger partial charge in [-0.1, -0.05) is 289 Å².